The lowest BCUT2D eigenvalue weighted by atomic mass is 9.99. The molecule has 0 aliphatic rings. The van der Waals surface area contributed by atoms with Crippen molar-refractivity contribution in [3.63, 3.8) is 0 Å². The molecule has 0 N–H and O–H groups in total. The molecular formula is C19H20. The first-order valence-electron chi connectivity index (χ1n) is 6.84. The normalized spacial score (nSPS) is 9.89. The molecule has 2 rings (SSSR count). The molecule has 0 radical (unpaired) electrons. The number of hydrogen-bond acceptors (Lipinski definition) is 0. The SMILES string of the molecule is C=C=C(CCc1ccccc1)CCc1ccccc1. The summed E-state index contributed by atoms with van der Waals surface area (Å²) in [4.78, 5) is 0. The van der Waals surface area contributed by atoms with Gasteiger partial charge >= 0.3 is 0 Å². The summed E-state index contributed by atoms with van der Waals surface area (Å²) in [6.07, 6.45) is 4.27. The van der Waals surface area contributed by atoms with Gasteiger partial charge in [0.05, 0.1) is 0 Å². The highest BCUT2D eigenvalue weighted by Crippen LogP contribution is 2.14. The molecule has 0 amide bonds. The van der Waals surface area contributed by atoms with Crippen molar-refractivity contribution in [2.24, 2.45) is 0 Å². The van der Waals surface area contributed by atoms with Crippen LogP contribution in [0, 0.1) is 0 Å². The van der Waals surface area contributed by atoms with Crippen molar-refractivity contribution in [2.45, 2.75) is 25.7 Å². The summed E-state index contributed by atoms with van der Waals surface area (Å²) in [5.74, 6) is 0. The molecule has 0 spiro atoms. The zero-order valence-corrected chi connectivity index (χ0v) is 11.3. The van der Waals surface area contributed by atoms with Crippen LogP contribution in [-0.4, -0.2) is 0 Å². The standard InChI is InChI=1S/C19H20/c1-2-17(13-15-18-9-5-3-6-10-18)14-16-19-11-7-4-8-12-19/h3-12H,1,13-16H2. The summed E-state index contributed by atoms with van der Waals surface area (Å²) in [6, 6.07) is 21.2. The number of benzene rings is 2. The Balaban J connectivity index is 1.83. The van der Waals surface area contributed by atoms with E-state index in [4.69, 9.17) is 0 Å². The molecule has 0 heterocycles. The molecule has 0 bridgehead atoms. The maximum absolute atomic E-state index is 3.82. The fourth-order valence-electron chi connectivity index (χ4n) is 2.18. The minimum Gasteiger partial charge on any atom is -0.130 e. The molecule has 2 aromatic rings. The molecule has 96 valence electrons. The van der Waals surface area contributed by atoms with Gasteiger partial charge in [0.2, 0.25) is 0 Å². The van der Waals surface area contributed by atoms with Gasteiger partial charge in [-0.2, -0.15) is 0 Å². The summed E-state index contributed by atoms with van der Waals surface area (Å²) in [5, 5.41) is 0. The highest BCUT2D eigenvalue weighted by molar-refractivity contribution is 5.19. The topological polar surface area (TPSA) is 0 Å². The Morgan fingerprint density at radius 2 is 1.16 bits per heavy atom. The molecule has 19 heavy (non-hydrogen) atoms. The Morgan fingerprint density at radius 3 is 1.53 bits per heavy atom. The quantitative estimate of drug-likeness (QED) is 0.634. The Bertz CT molecular complexity index is 485. The predicted molar refractivity (Wildman–Crippen MR) is 82.2 cm³/mol. The fraction of sp³-hybridized carbons (Fsp3) is 0.211. The zero-order valence-electron chi connectivity index (χ0n) is 11.3. The Morgan fingerprint density at radius 1 is 0.737 bits per heavy atom. The van der Waals surface area contributed by atoms with E-state index in [1.54, 1.807) is 0 Å². The van der Waals surface area contributed by atoms with E-state index in [1.807, 2.05) is 0 Å². The summed E-state index contributed by atoms with van der Waals surface area (Å²) < 4.78 is 0. The van der Waals surface area contributed by atoms with Crippen molar-refractivity contribution in [1.29, 1.82) is 0 Å². The van der Waals surface area contributed by atoms with Crippen molar-refractivity contribution in [2.75, 3.05) is 0 Å². The van der Waals surface area contributed by atoms with Crippen LogP contribution < -0.4 is 0 Å². The van der Waals surface area contributed by atoms with Crippen LogP contribution in [0.25, 0.3) is 0 Å². The first-order chi connectivity index (χ1) is 9.38. The molecule has 0 unspecified atom stereocenters. The van der Waals surface area contributed by atoms with Gasteiger partial charge in [-0.05, 0) is 42.4 Å². The summed E-state index contributed by atoms with van der Waals surface area (Å²) in [6.45, 7) is 3.82. The third-order valence-corrected chi connectivity index (χ3v) is 3.37. The first-order valence-corrected chi connectivity index (χ1v) is 6.84. The first kappa shape index (κ1) is 13.4. The lowest BCUT2D eigenvalue weighted by molar-refractivity contribution is 0.838. The average molecular weight is 248 g/mol. The maximum atomic E-state index is 3.82. The molecule has 0 fully saturated rings. The summed E-state index contributed by atoms with van der Waals surface area (Å²) in [5.41, 5.74) is 7.20. The van der Waals surface area contributed by atoms with Crippen molar-refractivity contribution in [3.8, 4) is 0 Å². The van der Waals surface area contributed by atoms with Crippen LogP contribution in [-0.2, 0) is 12.8 Å². The van der Waals surface area contributed by atoms with Crippen molar-refractivity contribution < 1.29 is 0 Å². The van der Waals surface area contributed by atoms with E-state index >= 15 is 0 Å². The fourth-order valence-corrected chi connectivity index (χ4v) is 2.18. The van der Waals surface area contributed by atoms with Gasteiger partial charge in [0.1, 0.15) is 0 Å². The van der Waals surface area contributed by atoms with Gasteiger partial charge in [-0.15, -0.1) is 5.73 Å². The highest BCUT2D eigenvalue weighted by Gasteiger charge is 2.00. The second-order valence-corrected chi connectivity index (χ2v) is 4.75. The van der Waals surface area contributed by atoms with E-state index in [0.717, 1.165) is 25.7 Å². The van der Waals surface area contributed by atoms with Crippen molar-refractivity contribution in [1.82, 2.24) is 0 Å². The van der Waals surface area contributed by atoms with E-state index in [-0.39, 0.29) is 0 Å². The molecule has 0 atom stereocenters. The second kappa shape index (κ2) is 7.41. The Labute approximate surface area is 116 Å². The lowest BCUT2D eigenvalue weighted by Crippen LogP contribution is -1.92. The van der Waals surface area contributed by atoms with Gasteiger partial charge < -0.3 is 0 Å². The van der Waals surface area contributed by atoms with E-state index in [0.29, 0.717) is 0 Å². The molecule has 2 aromatic carbocycles. The third kappa shape index (κ3) is 4.62. The molecule has 0 saturated heterocycles. The lowest BCUT2D eigenvalue weighted by Gasteiger charge is -2.06. The Kier molecular flexibility index (Phi) is 5.22. The number of hydrogen-bond donors (Lipinski definition) is 0. The largest absolute Gasteiger partial charge is 0.130 e. The van der Waals surface area contributed by atoms with Gasteiger partial charge in [-0.3, -0.25) is 0 Å². The number of allylic oxidation sites excluding steroid dienone is 1. The second-order valence-electron chi connectivity index (χ2n) is 4.75. The number of aryl methyl sites for hydroxylation is 2. The van der Waals surface area contributed by atoms with E-state index in [2.05, 4.69) is 73.0 Å². The van der Waals surface area contributed by atoms with Crippen LogP contribution in [0.5, 0.6) is 0 Å². The molecule has 0 nitrogen and oxygen atoms in total. The third-order valence-electron chi connectivity index (χ3n) is 3.37. The van der Waals surface area contributed by atoms with Gasteiger partial charge in [0.25, 0.3) is 0 Å². The van der Waals surface area contributed by atoms with Crippen LogP contribution in [0.3, 0.4) is 0 Å². The predicted octanol–water partition coefficient (Wildman–Crippen LogP) is 4.96. The maximum Gasteiger partial charge on any atom is -0.0203 e. The molecule has 0 aliphatic heterocycles. The summed E-state index contributed by atoms with van der Waals surface area (Å²) >= 11 is 0. The van der Waals surface area contributed by atoms with Crippen LogP contribution in [0.4, 0.5) is 0 Å². The van der Waals surface area contributed by atoms with E-state index in [1.165, 1.54) is 16.7 Å². The van der Waals surface area contributed by atoms with E-state index < -0.39 is 0 Å². The number of rotatable bonds is 6. The van der Waals surface area contributed by atoms with Gasteiger partial charge in [0, 0.05) is 0 Å². The minimum absolute atomic E-state index is 1.06. The minimum atomic E-state index is 1.06. The van der Waals surface area contributed by atoms with Crippen molar-refractivity contribution in [3.05, 3.63) is 89.7 Å². The van der Waals surface area contributed by atoms with Crippen LogP contribution in [0.15, 0.2) is 78.5 Å². The van der Waals surface area contributed by atoms with Crippen LogP contribution in [0.1, 0.15) is 24.0 Å². The molecule has 0 aromatic heterocycles. The van der Waals surface area contributed by atoms with Crippen molar-refractivity contribution >= 4 is 0 Å². The van der Waals surface area contributed by atoms with Crippen LogP contribution in [0.2, 0.25) is 0 Å². The molecular weight excluding hydrogens is 228 g/mol. The average Bonchev–Trinajstić information content (AvgIpc) is 2.49. The molecule has 0 heteroatoms. The van der Waals surface area contributed by atoms with E-state index in [9.17, 15) is 0 Å². The molecule has 0 aliphatic carbocycles. The van der Waals surface area contributed by atoms with Gasteiger partial charge in [-0.25, -0.2) is 0 Å². The van der Waals surface area contributed by atoms with Gasteiger partial charge in [0.15, 0.2) is 0 Å². The zero-order chi connectivity index (χ0) is 13.3. The van der Waals surface area contributed by atoms with Crippen LogP contribution >= 0.6 is 0 Å². The monoisotopic (exact) mass is 248 g/mol. The highest BCUT2D eigenvalue weighted by atomic mass is 14.0. The molecule has 0 saturated carbocycles. The van der Waals surface area contributed by atoms with Gasteiger partial charge in [-0.1, -0.05) is 67.2 Å². The summed E-state index contributed by atoms with van der Waals surface area (Å²) in [7, 11) is 0. The smallest absolute Gasteiger partial charge is 0.0203 e. The Hall–Kier alpha value is -2.04.